The van der Waals surface area contributed by atoms with Crippen molar-refractivity contribution in [3.63, 3.8) is 0 Å². The molecule has 0 saturated carbocycles. The first kappa shape index (κ1) is 16.0. The van der Waals surface area contributed by atoms with Crippen LogP contribution in [0.1, 0.15) is 26.3 Å². The molecule has 0 aliphatic heterocycles. The molecule has 1 aromatic rings. The lowest BCUT2D eigenvalue weighted by Crippen LogP contribution is -2.29. The van der Waals surface area contributed by atoms with Crippen molar-refractivity contribution >= 4 is 0 Å². The summed E-state index contributed by atoms with van der Waals surface area (Å²) in [6.07, 6.45) is 0. The highest BCUT2D eigenvalue weighted by Gasteiger charge is 2.12. The molecule has 0 amide bonds. The van der Waals surface area contributed by atoms with Crippen molar-refractivity contribution in [2.24, 2.45) is 0 Å². The van der Waals surface area contributed by atoms with Gasteiger partial charge in [-0.3, -0.25) is 0 Å². The predicted octanol–water partition coefficient (Wildman–Crippen LogP) is 2.51. The quantitative estimate of drug-likeness (QED) is 0.766. The van der Waals surface area contributed by atoms with E-state index >= 15 is 0 Å². The van der Waals surface area contributed by atoms with Crippen molar-refractivity contribution in [3.05, 3.63) is 29.8 Å². The molecule has 0 bridgehead atoms. The average molecular weight is 264 g/mol. The SMILES string of the molecule is CN(C)CCNCCOc1ccc(C(C)(C)C)cc1. The minimum Gasteiger partial charge on any atom is -0.492 e. The minimum atomic E-state index is 0.201. The van der Waals surface area contributed by atoms with Gasteiger partial charge in [0.05, 0.1) is 0 Å². The first-order valence-corrected chi connectivity index (χ1v) is 6.98. The molecule has 1 N–H and O–H groups in total. The van der Waals surface area contributed by atoms with E-state index in [0.717, 1.165) is 25.4 Å². The highest BCUT2D eigenvalue weighted by molar-refractivity contribution is 5.31. The van der Waals surface area contributed by atoms with Gasteiger partial charge >= 0.3 is 0 Å². The molecule has 1 rings (SSSR count). The van der Waals surface area contributed by atoms with Crippen LogP contribution >= 0.6 is 0 Å². The molecule has 0 radical (unpaired) electrons. The summed E-state index contributed by atoms with van der Waals surface area (Å²) in [7, 11) is 4.16. The van der Waals surface area contributed by atoms with E-state index in [1.54, 1.807) is 0 Å². The molecular formula is C16H28N2O. The van der Waals surface area contributed by atoms with Crippen LogP contribution in [-0.2, 0) is 5.41 Å². The molecule has 0 aliphatic rings. The highest BCUT2D eigenvalue weighted by atomic mass is 16.5. The van der Waals surface area contributed by atoms with Gasteiger partial charge in [-0.1, -0.05) is 32.9 Å². The molecule has 0 saturated heterocycles. The average Bonchev–Trinajstić information content (AvgIpc) is 2.32. The number of nitrogens with zero attached hydrogens (tertiary/aromatic N) is 1. The third kappa shape index (κ3) is 6.60. The lowest BCUT2D eigenvalue weighted by molar-refractivity contribution is 0.308. The van der Waals surface area contributed by atoms with Crippen LogP contribution in [-0.4, -0.2) is 45.2 Å². The number of ether oxygens (including phenoxy) is 1. The Labute approximate surface area is 118 Å². The number of rotatable bonds is 7. The van der Waals surface area contributed by atoms with E-state index in [0.29, 0.717) is 6.61 Å². The topological polar surface area (TPSA) is 24.5 Å². The van der Waals surface area contributed by atoms with Gasteiger partial charge in [0, 0.05) is 19.6 Å². The molecule has 0 spiro atoms. The van der Waals surface area contributed by atoms with Crippen LogP contribution in [0, 0.1) is 0 Å². The zero-order chi connectivity index (χ0) is 14.3. The van der Waals surface area contributed by atoms with Crippen LogP contribution in [0.5, 0.6) is 5.75 Å². The Morgan fingerprint density at radius 1 is 1.05 bits per heavy atom. The number of benzene rings is 1. The Hall–Kier alpha value is -1.06. The second kappa shape index (κ2) is 7.51. The van der Waals surface area contributed by atoms with E-state index in [4.69, 9.17) is 4.74 Å². The molecule has 0 aliphatic carbocycles. The summed E-state index contributed by atoms with van der Waals surface area (Å²) < 4.78 is 5.70. The largest absolute Gasteiger partial charge is 0.492 e. The maximum atomic E-state index is 5.70. The molecule has 0 aromatic heterocycles. The van der Waals surface area contributed by atoms with Crippen LogP contribution in [0.15, 0.2) is 24.3 Å². The van der Waals surface area contributed by atoms with Crippen LogP contribution in [0.2, 0.25) is 0 Å². The van der Waals surface area contributed by atoms with E-state index in [9.17, 15) is 0 Å². The summed E-state index contributed by atoms with van der Waals surface area (Å²) in [5, 5.41) is 3.36. The lowest BCUT2D eigenvalue weighted by atomic mass is 9.87. The van der Waals surface area contributed by atoms with Gasteiger partial charge in [-0.15, -0.1) is 0 Å². The molecule has 108 valence electrons. The summed E-state index contributed by atoms with van der Waals surface area (Å²) in [6.45, 7) is 10.3. The van der Waals surface area contributed by atoms with Gasteiger partial charge in [0.2, 0.25) is 0 Å². The Morgan fingerprint density at radius 2 is 1.68 bits per heavy atom. The number of hydrogen-bond donors (Lipinski definition) is 1. The van der Waals surface area contributed by atoms with Gasteiger partial charge < -0.3 is 15.0 Å². The fourth-order valence-electron chi connectivity index (χ4n) is 1.72. The van der Waals surface area contributed by atoms with E-state index < -0.39 is 0 Å². The van der Waals surface area contributed by atoms with E-state index in [1.807, 2.05) is 0 Å². The summed E-state index contributed by atoms with van der Waals surface area (Å²) in [6, 6.07) is 8.41. The van der Waals surface area contributed by atoms with Crippen molar-refractivity contribution in [1.82, 2.24) is 10.2 Å². The molecule has 3 nitrogen and oxygen atoms in total. The Bertz CT molecular complexity index is 352. The zero-order valence-electron chi connectivity index (χ0n) is 13.0. The molecule has 0 unspecified atom stereocenters. The fourth-order valence-corrected chi connectivity index (χ4v) is 1.72. The van der Waals surface area contributed by atoms with Gasteiger partial charge in [-0.05, 0) is 37.2 Å². The number of nitrogens with one attached hydrogen (secondary N) is 1. The second-order valence-electron chi connectivity index (χ2n) is 6.18. The normalized spacial score (nSPS) is 11.9. The van der Waals surface area contributed by atoms with E-state index in [2.05, 4.69) is 69.3 Å². The second-order valence-corrected chi connectivity index (χ2v) is 6.18. The predicted molar refractivity (Wildman–Crippen MR) is 82.1 cm³/mol. The molecule has 3 heteroatoms. The monoisotopic (exact) mass is 264 g/mol. The summed E-state index contributed by atoms with van der Waals surface area (Å²) in [4.78, 5) is 2.17. The molecule has 1 aromatic carbocycles. The first-order valence-electron chi connectivity index (χ1n) is 6.98. The van der Waals surface area contributed by atoms with Gasteiger partial charge in [0.25, 0.3) is 0 Å². The zero-order valence-corrected chi connectivity index (χ0v) is 13.0. The van der Waals surface area contributed by atoms with Crippen molar-refractivity contribution in [2.75, 3.05) is 40.3 Å². The molecule has 0 fully saturated rings. The van der Waals surface area contributed by atoms with Crippen molar-refractivity contribution in [1.29, 1.82) is 0 Å². The standard InChI is InChI=1S/C16H28N2O/c1-16(2,3)14-6-8-15(9-7-14)19-13-11-17-10-12-18(4)5/h6-9,17H,10-13H2,1-5H3. The Morgan fingerprint density at radius 3 is 2.21 bits per heavy atom. The van der Waals surface area contributed by atoms with Gasteiger partial charge in [-0.25, -0.2) is 0 Å². The summed E-state index contributed by atoms with van der Waals surface area (Å²) in [5.41, 5.74) is 1.54. The van der Waals surface area contributed by atoms with Crippen LogP contribution in [0.4, 0.5) is 0 Å². The van der Waals surface area contributed by atoms with Crippen LogP contribution in [0.3, 0.4) is 0 Å². The third-order valence-electron chi connectivity index (χ3n) is 3.00. The van der Waals surface area contributed by atoms with Gasteiger partial charge in [-0.2, -0.15) is 0 Å². The minimum absolute atomic E-state index is 0.201. The number of likely N-dealkylation sites (N-methyl/N-ethyl adjacent to an activating group) is 1. The highest BCUT2D eigenvalue weighted by Crippen LogP contribution is 2.24. The van der Waals surface area contributed by atoms with E-state index in [-0.39, 0.29) is 5.41 Å². The van der Waals surface area contributed by atoms with Crippen LogP contribution < -0.4 is 10.1 Å². The van der Waals surface area contributed by atoms with E-state index in [1.165, 1.54) is 5.56 Å². The van der Waals surface area contributed by atoms with Crippen molar-refractivity contribution in [3.8, 4) is 5.75 Å². The Kier molecular flexibility index (Phi) is 6.32. The molecule has 19 heavy (non-hydrogen) atoms. The summed E-state index contributed by atoms with van der Waals surface area (Å²) >= 11 is 0. The molecule has 0 atom stereocenters. The summed E-state index contributed by atoms with van der Waals surface area (Å²) in [5.74, 6) is 0.947. The first-order chi connectivity index (χ1) is 8.89. The molecule has 0 heterocycles. The van der Waals surface area contributed by atoms with Crippen molar-refractivity contribution in [2.45, 2.75) is 26.2 Å². The lowest BCUT2D eigenvalue weighted by Gasteiger charge is -2.19. The maximum Gasteiger partial charge on any atom is 0.119 e. The van der Waals surface area contributed by atoms with Crippen molar-refractivity contribution < 1.29 is 4.74 Å². The van der Waals surface area contributed by atoms with Gasteiger partial charge in [0.15, 0.2) is 0 Å². The Balaban J connectivity index is 2.23. The third-order valence-corrected chi connectivity index (χ3v) is 3.00. The fraction of sp³-hybridized carbons (Fsp3) is 0.625. The molecular weight excluding hydrogens is 236 g/mol. The maximum absolute atomic E-state index is 5.70. The van der Waals surface area contributed by atoms with Crippen LogP contribution in [0.25, 0.3) is 0 Å². The smallest absolute Gasteiger partial charge is 0.119 e. The van der Waals surface area contributed by atoms with Gasteiger partial charge in [0.1, 0.15) is 12.4 Å². The number of hydrogen-bond acceptors (Lipinski definition) is 3.